The minimum atomic E-state index is 0. The van der Waals surface area contributed by atoms with Crippen molar-refractivity contribution in [3.8, 4) is 0 Å². The van der Waals surface area contributed by atoms with E-state index in [-0.39, 0.29) is 30.3 Å². The molecule has 1 fully saturated rings. The van der Waals surface area contributed by atoms with Crippen LogP contribution in [0.25, 0.3) is 0 Å². The fourth-order valence-corrected chi connectivity index (χ4v) is 3.06. The van der Waals surface area contributed by atoms with Crippen molar-refractivity contribution >= 4 is 29.7 Å². The second kappa shape index (κ2) is 7.77. The minimum Gasteiger partial charge on any atom is -0.353 e. The van der Waals surface area contributed by atoms with Gasteiger partial charge >= 0.3 is 0 Å². The van der Waals surface area contributed by atoms with Crippen LogP contribution in [0.15, 0.2) is 17.5 Å². The third-order valence-corrected chi connectivity index (χ3v) is 4.08. The van der Waals surface area contributed by atoms with Crippen molar-refractivity contribution in [1.29, 1.82) is 0 Å². The van der Waals surface area contributed by atoms with Crippen molar-refractivity contribution < 1.29 is 4.79 Å². The van der Waals surface area contributed by atoms with Crippen LogP contribution in [0, 0.1) is 5.92 Å². The first-order valence-electron chi connectivity index (χ1n) is 6.29. The molecule has 1 aromatic heterocycles. The molecule has 102 valence electrons. The molecule has 2 heterocycles. The van der Waals surface area contributed by atoms with Crippen LogP contribution in [0.1, 0.15) is 24.6 Å². The molecule has 18 heavy (non-hydrogen) atoms. The summed E-state index contributed by atoms with van der Waals surface area (Å²) in [5, 5.41) is 8.49. The molecule has 1 aromatic rings. The summed E-state index contributed by atoms with van der Waals surface area (Å²) in [4.78, 5) is 13.3. The largest absolute Gasteiger partial charge is 0.353 e. The lowest BCUT2D eigenvalue weighted by Gasteiger charge is -2.23. The lowest BCUT2D eigenvalue weighted by molar-refractivity contribution is -0.126. The highest BCUT2D eigenvalue weighted by Gasteiger charge is 2.21. The van der Waals surface area contributed by atoms with Gasteiger partial charge in [-0.1, -0.05) is 6.07 Å². The van der Waals surface area contributed by atoms with Gasteiger partial charge in [0.25, 0.3) is 0 Å². The Morgan fingerprint density at radius 3 is 2.89 bits per heavy atom. The number of piperidine rings is 1. The van der Waals surface area contributed by atoms with Gasteiger partial charge in [0.15, 0.2) is 0 Å². The second-order valence-corrected chi connectivity index (χ2v) is 5.75. The van der Waals surface area contributed by atoms with Crippen LogP contribution in [0.4, 0.5) is 0 Å². The Bertz CT molecular complexity index is 350. The van der Waals surface area contributed by atoms with Crippen LogP contribution >= 0.6 is 23.7 Å². The molecule has 3 nitrogen and oxygen atoms in total. The van der Waals surface area contributed by atoms with Crippen molar-refractivity contribution in [1.82, 2.24) is 10.6 Å². The number of thiophene rings is 1. The van der Waals surface area contributed by atoms with Crippen molar-refractivity contribution in [2.45, 2.75) is 32.2 Å². The summed E-state index contributed by atoms with van der Waals surface area (Å²) in [5.74, 6) is 0.442. The number of rotatable bonds is 4. The van der Waals surface area contributed by atoms with Gasteiger partial charge in [0, 0.05) is 23.3 Å². The van der Waals surface area contributed by atoms with E-state index in [1.165, 1.54) is 4.88 Å². The Balaban J connectivity index is 0.00000162. The van der Waals surface area contributed by atoms with E-state index < -0.39 is 0 Å². The number of hydrogen-bond donors (Lipinski definition) is 2. The number of hydrogen-bond acceptors (Lipinski definition) is 3. The second-order valence-electron chi connectivity index (χ2n) is 4.72. The molecule has 2 rings (SSSR count). The summed E-state index contributed by atoms with van der Waals surface area (Å²) in [5.41, 5.74) is 0. The molecule has 0 spiro atoms. The summed E-state index contributed by atoms with van der Waals surface area (Å²) in [6.07, 6.45) is 2.88. The number of amides is 1. The number of carbonyl (C=O) groups excluding carboxylic acids is 1. The van der Waals surface area contributed by atoms with E-state index in [1.807, 2.05) is 0 Å². The summed E-state index contributed by atoms with van der Waals surface area (Å²) < 4.78 is 0. The number of halogens is 1. The van der Waals surface area contributed by atoms with E-state index >= 15 is 0 Å². The smallest absolute Gasteiger partial charge is 0.223 e. The minimum absolute atomic E-state index is 0. The molecule has 1 unspecified atom stereocenters. The fourth-order valence-electron chi connectivity index (χ4n) is 2.23. The monoisotopic (exact) mass is 288 g/mol. The van der Waals surface area contributed by atoms with Gasteiger partial charge in [-0.3, -0.25) is 4.79 Å². The molecule has 0 saturated carbocycles. The third kappa shape index (κ3) is 4.59. The van der Waals surface area contributed by atoms with E-state index in [9.17, 15) is 4.79 Å². The third-order valence-electron chi connectivity index (χ3n) is 3.19. The van der Waals surface area contributed by atoms with Gasteiger partial charge in [0.1, 0.15) is 0 Å². The Kier molecular flexibility index (Phi) is 6.68. The molecule has 0 aromatic carbocycles. The van der Waals surface area contributed by atoms with Crippen LogP contribution in [0.2, 0.25) is 0 Å². The van der Waals surface area contributed by atoms with Crippen molar-refractivity contribution in [3.05, 3.63) is 22.4 Å². The van der Waals surface area contributed by atoms with Crippen LogP contribution < -0.4 is 10.6 Å². The number of nitrogens with one attached hydrogen (secondary N) is 2. The van der Waals surface area contributed by atoms with Gasteiger partial charge in [0.2, 0.25) is 5.91 Å². The molecule has 1 amide bonds. The standard InChI is InChI=1S/C13H20N2OS.ClH/c1-10(9-12-3-2-8-17-12)15-13(16)11-4-6-14-7-5-11;/h2-3,8,10-11,14H,4-7,9H2,1H3,(H,15,16);1H. The van der Waals surface area contributed by atoms with Gasteiger partial charge in [-0.2, -0.15) is 0 Å². The van der Waals surface area contributed by atoms with E-state index in [1.54, 1.807) is 11.3 Å². The highest BCUT2D eigenvalue weighted by atomic mass is 35.5. The molecule has 0 radical (unpaired) electrons. The maximum atomic E-state index is 12.0. The predicted molar refractivity (Wildman–Crippen MR) is 78.5 cm³/mol. The van der Waals surface area contributed by atoms with Crippen LogP contribution in [0.5, 0.6) is 0 Å². The maximum absolute atomic E-state index is 12.0. The summed E-state index contributed by atoms with van der Waals surface area (Å²) >= 11 is 1.75. The zero-order valence-corrected chi connectivity index (χ0v) is 12.3. The first-order valence-corrected chi connectivity index (χ1v) is 7.17. The Morgan fingerprint density at radius 1 is 1.56 bits per heavy atom. The zero-order chi connectivity index (χ0) is 12.1. The molecule has 1 atom stereocenters. The Hall–Kier alpha value is -0.580. The predicted octanol–water partition coefficient (Wildman–Crippen LogP) is 2.22. The van der Waals surface area contributed by atoms with Crippen LogP contribution in [-0.4, -0.2) is 25.0 Å². The highest BCUT2D eigenvalue weighted by molar-refractivity contribution is 7.09. The van der Waals surface area contributed by atoms with Gasteiger partial charge < -0.3 is 10.6 Å². The topological polar surface area (TPSA) is 41.1 Å². The Morgan fingerprint density at radius 2 is 2.28 bits per heavy atom. The van der Waals surface area contributed by atoms with Gasteiger partial charge in [0.05, 0.1) is 0 Å². The average Bonchev–Trinajstić information content (AvgIpc) is 2.82. The van der Waals surface area contributed by atoms with Crippen molar-refractivity contribution in [2.75, 3.05) is 13.1 Å². The average molecular weight is 289 g/mol. The van der Waals surface area contributed by atoms with Crippen LogP contribution in [0.3, 0.4) is 0 Å². The SMILES string of the molecule is CC(Cc1cccs1)NC(=O)C1CCNCC1.Cl. The number of carbonyl (C=O) groups is 1. The van der Waals surface area contributed by atoms with E-state index in [4.69, 9.17) is 0 Å². The summed E-state index contributed by atoms with van der Waals surface area (Å²) in [6.45, 7) is 4.02. The van der Waals surface area contributed by atoms with Crippen LogP contribution in [-0.2, 0) is 11.2 Å². The molecule has 1 aliphatic heterocycles. The maximum Gasteiger partial charge on any atom is 0.223 e. The highest BCUT2D eigenvalue weighted by Crippen LogP contribution is 2.14. The molecule has 5 heteroatoms. The molecular weight excluding hydrogens is 268 g/mol. The van der Waals surface area contributed by atoms with Crippen molar-refractivity contribution in [3.63, 3.8) is 0 Å². The first kappa shape index (κ1) is 15.5. The van der Waals surface area contributed by atoms with E-state index in [0.29, 0.717) is 0 Å². The lowest BCUT2D eigenvalue weighted by atomic mass is 9.97. The molecular formula is C13H21ClN2OS. The first-order chi connectivity index (χ1) is 8.25. The molecule has 1 saturated heterocycles. The Labute approximate surface area is 119 Å². The molecule has 1 aliphatic rings. The molecule has 0 aliphatic carbocycles. The lowest BCUT2D eigenvalue weighted by Crippen LogP contribution is -2.42. The zero-order valence-electron chi connectivity index (χ0n) is 10.6. The molecule has 2 N–H and O–H groups in total. The summed E-state index contributed by atoms with van der Waals surface area (Å²) in [7, 11) is 0. The quantitative estimate of drug-likeness (QED) is 0.892. The normalized spacial score (nSPS) is 17.8. The van der Waals surface area contributed by atoms with Gasteiger partial charge in [-0.05, 0) is 44.3 Å². The van der Waals surface area contributed by atoms with Crippen molar-refractivity contribution in [2.24, 2.45) is 5.92 Å². The van der Waals surface area contributed by atoms with E-state index in [0.717, 1.165) is 32.4 Å². The summed E-state index contributed by atoms with van der Waals surface area (Å²) in [6, 6.07) is 4.41. The fraction of sp³-hybridized carbons (Fsp3) is 0.615. The van der Waals surface area contributed by atoms with Gasteiger partial charge in [-0.15, -0.1) is 23.7 Å². The van der Waals surface area contributed by atoms with Gasteiger partial charge in [-0.25, -0.2) is 0 Å². The van der Waals surface area contributed by atoms with E-state index in [2.05, 4.69) is 35.1 Å². The molecule has 0 bridgehead atoms.